The van der Waals surface area contributed by atoms with Gasteiger partial charge >= 0.3 is 0 Å². The minimum atomic E-state index is 0.329. The number of rotatable bonds is 5. The van der Waals surface area contributed by atoms with E-state index in [4.69, 9.17) is 22.1 Å². The van der Waals surface area contributed by atoms with Crippen molar-refractivity contribution >= 4 is 17.6 Å². The van der Waals surface area contributed by atoms with Gasteiger partial charge in [-0.2, -0.15) is 0 Å². The van der Waals surface area contributed by atoms with Crippen LogP contribution in [0.5, 0.6) is 5.75 Å². The summed E-state index contributed by atoms with van der Waals surface area (Å²) < 4.78 is 5.31. The van der Waals surface area contributed by atoms with Crippen LogP contribution in [0.2, 0.25) is 5.02 Å². The number of nitrogens with zero attached hydrogens (tertiary/aromatic N) is 1. The Labute approximate surface area is 141 Å². The van der Waals surface area contributed by atoms with E-state index in [2.05, 4.69) is 16.4 Å². The number of methoxy groups -OCH3 is 1. The third-order valence-electron chi connectivity index (χ3n) is 4.01. The summed E-state index contributed by atoms with van der Waals surface area (Å²) in [4.78, 5) is 4.41. The standard InChI is InChI=1S/C18H20ClN3O/c1-23-17-8-3-2-5-13(17)11-21-18(20)22-16-10-15(16)12-6-4-7-14(19)9-12/h2-9,15-16H,10-11H2,1H3,(H3,20,21,22)/t15-,16+/m0/s1. The number of hydrogen-bond donors (Lipinski definition) is 2. The fourth-order valence-electron chi connectivity index (χ4n) is 2.70. The maximum absolute atomic E-state index is 6.04. The molecule has 2 atom stereocenters. The van der Waals surface area contributed by atoms with Crippen molar-refractivity contribution in [1.29, 1.82) is 0 Å². The molecule has 0 amide bonds. The third kappa shape index (κ3) is 3.96. The van der Waals surface area contributed by atoms with Crippen LogP contribution in [-0.2, 0) is 6.54 Å². The van der Waals surface area contributed by atoms with Gasteiger partial charge in [0.1, 0.15) is 5.75 Å². The molecule has 0 saturated heterocycles. The zero-order chi connectivity index (χ0) is 16.2. The molecule has 120 valence electrons. The number of guanidine groups is 1. The van der Waals surface area contributed by atoms with Crippen molar-refractivity contribution in [3.8, 4) is 5.75 Å². The highest BCUT2D eigenvalue weighted by molar-refractivity contribution is 6.30. The molecular weight excluding hydrogens is 310 g/mol. The van der Waals surface area contributed by atoms with E-state index in [1.807, 2.05) is 42.5 Å². The molecule has 0 aliphatic heterocycles. The van der Waals surface area contributed by atoms with Crippen LogP contribution >= 0.6 is 11.6 Å². The van der Waals surface area contributed by atoms with Crippen LogP contribution in [0.25, 0.3) is 0 Å². The molecule has 2 aromatic carbocycles. The third-order valence-corrected chi connectivity index (χ3v) is 4.25. The SMILES string of the molecule is COc1ccccc1CN=C(N)N[C@@H]1C[C@H]1c1cccc(Cl)c1. The molecule has 3 rings (SSSR count). The van der Waals surface area contributed by atoms with Gasteiger partial charge in [-0.1, -0.05) is 41.9 Å². The van der Waals surface area contributed by atoms with Crippen LogP contribution in [0, 0.1) is 0 Å². The molecule has 2 aromatic rings. The number of nitrogens with two attached hydrogens (primary N) is 1. The van der Waals surface area contributed by atoms with Crippen LogP contribution < -0.4 is 15.8 Å². The predicted octanol–water partition coefficient (Wildman–Crippen LogP) is 3.31. The number of ether oxygens (including phenoxy) is 1. The number of benzene rings is 2. The van der Waals surface area contributed by atoms with Gasteiger partial charge in [0.2, 0.25) is 0 Å². The molecule has 0 bridgehead atoms. The molecule has 0 aromatic heterocycles. The highest BCUT2D eigenvalue weighted by atomic mass is 35.5. The van der Waals surface area contributed by atoms with Gasteiger partial charge in [-0.3, -0.25) is 0 Å². The highest BCUT2D eigenvalue weighted by Gasteiger charge is 2.38. The first-order chi connectivity index (χ1) is 11.2. The minimum Gasteiger partial charge on any atom is -0.496 e. The lowest BCUT2D eigenvalue weighted by molar-refractivity contribution is 0.410. The average molecular weight is 330 g/mol. The first kappa shape index (κ1) is 15.7. The zero-order valence-electron chi connectivity index (χ0n) is 13.0. The maximum Gasteiger partial charge on any atom is 0.189 e. The molecule has 0 unspecified atom stereocenters. The molecule has 4 nitrogen and oxygen atoms in total. The second-order valence-electron chi connectivity index (χ2n) is 5.66. The fourth-order valence-corrected chi connectivity index (χ4v) is 2.90. The van der Waals surface area contributed by atoms with Gasteiger partial charge in [0.15, 0.2) is 5.96 Å². The van der Waals surface area contributed by atoms with E-state index in [9.17, 15) is 0 Å². The summed E-state index contributed by atoms with van der Waals surface area (Å²) in [7, 11) is 1.66. The molecule has 0 radical (unpaired) electrons. The first-order valence-corrected chi connectivity index (χ1v) is 7.99. The Kier molecular flexibility index (Phi) is 4.72. The lowest BCUT2D eigenvalue weighted by atomic mass is 10.1. The summed E-state index contributed by atoms with van der Waals surface area (Å²) in [5.41, 5.74) is 8.25. The van der Waals surface area contributed by atoms with Gasteiger partial charge in [0.25, 0.3) is 0 Å². The molecule has 5 heteroatoms. The molecule has 1 saturated carbocycles. The van der Waals surface area contributed by atoms with Crippen molar-refractivity contribution < 1.29 is 4.74 Å². The summed E-state index contributed by atoms with van der Waals surface area (Å²) in [6.07, 6.45) is 1.05. The molecule has 1 aliphatic rings. The van der Waals surface area contributed by atoms with Gasteiger partial charge in [0, 0.05) is 22.5 Å². The molecule has 0 heterocycles. The van der Waals surface area contributed by atoms with E-state index >= 15 is 0 Å². The van der Waals surface area contributed by atoms with Crippen LogP contribution in [0.15, 0.2) is 53.5 Å². The Bertz CT molecular complexity index is 717. The zero-order valence-corrected chi connectivity index (χ0v) is 13.8. The van der Waals surface area contributed by atoms with E-state index in [0.29, 0.717) is 24.5 Å². The largest absolute Gasteiger partial charge is 0.496 e. The van der Waals surface area contributed by atoms with Gasteiger partial charge in [-0.15, -0.1) is 0 Å². The van der Waals surface area contributed by atoms with E-state index in [-0.39, 0.29) is 0 Å². The van der Waals surface area contributed by atoms with E-state index in [1.165, 1.54) is 5.56 Å². The quantitative estimate of drug-likeness (QED) is 0.653. The number of aliphatic imine (C=N–C) groups is 1. The monoisotopic (exact) mass is 329 g/mol. The summed E-state index contributed by atoms with van der Waals surface area (Å²) in [5, 5.41) is 4.04. The first-order valence-electron chi connectivity index (χ1n) is 7.61. The fraction of sp³-hybridized carbons (Fsp3) is 0.278. The summed E-state index contributed by atoms with van der Waals surface area (Å²) >= 11 is 6.04. The van der Waals surface area contributed by atoms with Crippen molar-refractivity contribution in [3.05, 3.63) is 64.7 Å². The van der Waals surface area contributed by atoms with Crippen LogP contribution in [-0.4, -0.2) is 19.1 Å². The lowest BCUT2D eigenvalue weighted by Gasteiger charge is -2.08. The van der Waals surface area contributed by atoms with Crippen LogP contribution in [0.1, 0.15) is 23.5 Å². The van der Waals surface area contributed by atoms with E-state index < -0.39 is 0 Å². The Hall–Kier alpha value is -2.20. The Balaban J connectivity index is 1.57. The average Bonchev–Trinajstić information content (AvgIpc) is 3.32. The number of halogens is 1. The molecule has 3 N–H and O–H groups in total. The van der Waals surface area contributed by atoms with Crippen molar-refractivity contribution in [1.82, 2.24) is 5.32 Å². The summed E-state index contributed by atoms with van der Waals surface area (Å²) in [5.74, 6) is 1.74. The van der Waals surface area contributed by atoms with Crippen molar-refractivity contribution in [2.24, 2.45) is 10.7 Å². The van der Waals surface area contributed by atoms with Crippen molar-refractivity contribution in [3.63, 3.8) is 0 Å². The topological polar surface area (TPSA) is 59.6 Å². The van der Waals surface area contributed by atoms with Gasteiger partial charge in [-0.05, 0) is 30.2 Å². The second kappa shape index (κ2) is 6.92. The van der Waals surface area contributed by atoms with E-state index in [1.54, 1.807) is 7.11 Å². The molecule has 1 fully saturated rings. The van der Waals surface area contributed by atoms with Crippen molar-refractivity contribution in [2.45, 2.75) is 24.9 Å². The Morgan fingerprint density at radius 1 is 1.30 bits per heavy atom. The maximum atomic E-state index is 6.04. The molecule has 0 spiro atoms. The van der Waals surface area contributed by atoms with Crippen LogP contribution in [0.4, 0.5) is 0 Å². The predicted molar refractivity (Wildman–Crippen MR) is 94.1 cm³/mol. The molecular formula is C18H20ClN3O. The minimum absolute atomic E-state index is 0.329. The Morgan fingerprint density at radius 2 is 2.13 bits per heavy atom. The number of nitrogens with one attached hydrogen (secondary N) is 1. The molecule has 1 aliphatic carbocycles. The van der Waals surface area contributed by atoms with Gasteiger partial charge in [-0.25, -0.2) is 4.99 Å². The highest BCUT2D eigenvalue weighted by Crippen LogP contribution is 2.41. The number of hydrogen-bond acceptors (Lipinski definition) is 2. The molecule has 23 heavy (non-hydrogen) atoms. The van der Waals surface area contributed by atoms with Gasteiger partial charge in [0.05, 0.1) is 13.7 Å². The summed E-state index contributed by atoms with van der Waals surface area (Å²) in [6, 6.07) is 16.1. The number of para-hydroxylation sites is 1. The normalized spacial score (nSPS) is 20.2. The van der Waals surface area contributed by atoms with Crippen LogP contribution in [0.3, 0.4) is 0 Å². The second-order valence-corrected chi connectivity index (χ2v) is 6.10. The van der Waals surface area contributed by atoms with Crippen molar-refractivity contribution in [2.75, 3.05) is 7.11 Å². The Morgan fingerprint density at radius 3 is 2.91 bits per heavy atom. The smallest absolute Gasteiger partial charge is 0.189 e. The summed E-state index contributed by atoms with van der Waals surface area (Å²) in [6.45, 7) is 0.497. The van der Waals surface area contributed by atoms with Gasteiger partial charge < -0.3 is 15.8 Å². The lowest BCUT2D eigenvalue weighted by Crippen LogP contribution is -2.34. The van der Waals surface area contributed by atoms with E-state index in [0.717, 1.165) is 22.8 Å².